The predicted octanol–water partition coefficient (Wildman–Crippen LogP) is 4.00. The molecule has 0 spiro atoms. The number of piperidine rings is 1. The molecule has 2 rings (SSSR count). The molecule has 1 saturated heterocycles. The van der Waals surface area contributed by atoms with Gasteiger partial charge < -0.3 is 5.32 Å². The number of amides is 1. The number of likely N-dealkylation sites (tertiary alicyclic amines) is 1. The Morgan fingerprint density at radius 2 is 1.85 bits per heavy atom. The van der Waals surface area contributed by atoms with Crippen molar-refractivity contribution in [2.75, 3.05) is 26.2 Å². The largest absolute Gasteiger partial charge is 0.352 e. The number of hydrogen-bond donors (Lipinski definition) is 1. The normalized spacial score (nSPS) is 21.5. The maximum atomic E-state index is 14.5. The summed E-state index contributed by atoms with van der Waals surface area (Å²) in [6.45, 7) is 6.97. The van der Waals surface area contributed by atoms with E-state index in [2.05, 4.69) is 5.32 Å². The fourth-order valence-electron chi connectivity index (χ4n) is 2.84. The predicted molar refractivity (Wildman–Crippen MR) is 103 cm³/mol. The highest BCUT2D eigenvalue weighted by molar-refractivity contribution is 6.35. The number of rotatable bonds is 5. The summed E-state index contributed by atoms with van der Waals surface area (Å²) in [6, 6.07) is 4.60. The summed E-state index contributed by atoms with van der Waals surface area (Å²) in [6.07, 6.45) is -0.491. The summed E-state index contributed by atoms with van der Waals surface area (Å²) in [5, 5.41) is 3.51. The first-order valence-electron chi connectivity index (χ1n) is 8.70. The van der Waals surface area contributed by atoms with Crippen LogP contribution in [-0.4, -0.2) is 48.9 Å². The van der Waals surface area contributed by atoms with Gasteiger partial charge in [-0.1, -0.05) is 44.0 Å². The van der Waals surface area contributed by atoms with Crippen LogP contribution in [0.2, 0.25) is 10.0 Å². The van der Waals surface area contributed by atoms with Gasteiger partial charge in [0.1, 0.15) is 6.17 Å². The Labute approximate surface area is 164 Å². The van der Waals surface area contributed by atoms with E-state index < -0.39 is 11.6 Å². The number of Topliss-reactive ketones (excluding diaryl/α,β-unsaturated/α-hetero) is 1. The Balaban J connectivity index is 1.84. The standard InChI is InChI=1S/C19H25Cl2FN2O2/c1-19(2,3)17(25)11-24-5-4-12(16(22)10-24)9-23-18(26)13-6-14(20)8-15(21)7-13/h6-8,12,16H,4-5,9-11H2,1-3H3,(H,23,26)/t12-,16-/m1/s1. The lowest BCUT2D eigenvalue weighted by atomic mass is 9.89. The third-order valence-electron chi connectivity index (χ3n) is 4.61. The van der Waals surface area contributed by atoms with Gasteiger partial charge in [-0.15, -0.1) is 0 Å². The molecule has 1 heterocycles. The van der Waals surface area contributed by atoms with Crippen LogP contribution >= 0.6 is 23.2 Å². The lowest BCUT2D eigenvalue weighted by Crippen LogP contribution is -2.48. The fourth-order valence-corrected chi connectivity index (χ4v) is 3.37. The molecule has 144 valence electrons. The van der Waals surface area contributed by atoms with E-state index in [0.717, 1.165) is 0 Å². The number of nitrogens with one attached hydrogen (secondary N) is 1. The first-order chi connectivity index (χ1) is 12.1. The van der Waals surface area contributed by atoms with Crippen LogP contribution in [0.25, 0.3) is 0 Å². The zero-order valence-electron chi connectivity index (χ0n) is 15.3. The number of alkyl halides is 1. The second kappa shape index (κ2) is 8.68. The molecule has 2 atom stereocenters. The SMILES string of the molecule is CC(C)(C)C(=O)CN1CC[C@H](CNC(=O)c2cc(Cl)cc(Cl)c2)[C@H](F)C1. The van der Waals surface area contributed by atoms with Crippen molar-refractivity contribution in [1.29, 1.82) is 0 Å². The van der Waals surface area contributed by atoms with Gasteiger partial charge in [-0.2, -0.15) is 0 Å². The third-order valence-corrected chi connectivity index (χ3v) is 5.05. The van der Waals surface area contributed by atoms with Gasteiger partial charge in [0.2, 0.25) is 0 Å². The van der Waals surface area contributed by atoms with Crippen molar-refractivity contribution in [1.82, 2.24) is 10.2 Å². The molecule has 7 heteroatoms. The van der Waals surface area contributed by atoms with E-state index in [0.29, 0.717) is 28.6 Å². The van der Waals surface area contributed by atoms with E-state index in [9.17, 15) is 14.0 Å². The van der Waals surface area contributed by atoms with Crippen molar-refractivity contribution < 1.29 is 14.0 Å². The van der Waals surface area contributed by atoms with Crippen LogP contribution in [0.4, 0.5) is 4.39 Å². The van der Waals surface area contributed by atoms with Gasteiger partial charge in [-0.3, -0.25) is 14.5 Å². The maximum Gasteiger partial charge on any atom is 0.251 e. The summed E-state index contributed by atoms with van der Waals surface area (Å²) in [5.74, 6) is -0.490. The molecule has 1 N–H and O–H groups in total. The minimum Gasteiger partial charge on any atom is -0.352 e. The quantitative estimate of drug-likeness (QED) is 0.809. The minimum atomic E-state index is -1.08. The first-order valence-corrected chi connectivity index (χ1v) is 9.46. The topological polar surface area (TPSA) is 49.4 Å². The summed E-state index contributed by atoms with van der Waals surface area (Å²) in [4.78, 5) is 26.2. The van der Waals surface area contributed by atoms with E-state index in [1.165, 1.54) is 12.1 Å². The van der Waals surface area contributed by atoms with Crippen molar-refractivity contribution in [3.8, 4) is 0 Å². The maximum absolute atomic E-state index is 14.5. The summed E-state index contributed by atoms with van der Waals surface area (Å²) < 4.78 is 14.5. The Bertz CT molecular complexity index is 656. The molecular formula is C19H25Cl2FN2O2. The van der Waals surface area contributed by atoms with Crippen molar-refractivity contribution >= 4 is 34.9 Å². The number of ketones is 1. The second-order valence-electron chi connectivity index (χ2n) is 7.84. The van der Waals surface area contributed by atoms with Gasteiger partial charge in [-0.25, -0.2) is 4.39 Å². The van der Waals surface area contributed by atoms with E-state index in [4.69, 9.17) is 23.2 Å². The van der Waals surface area contributed by atoms with Gasteiger partial charge in [0.25, 0.3) is 5.91 Å². The van der Waals surface area contributed by atoms with E-state index in [1.54, 1.807) is 6.07 Å². The minimum absolute atomic E-state index is 0.106. The molecule has 1 aliphatic heterocycles. The van der Waals surface area contributed by atoms with Crippen molar-refractivity contribution in [2.24, 2.45) is 11.3 Å². The van der Waals surface area contributed by atoms with E-state index in [1.807, 2.05) is 25.7 Å². The zero-order valence-corrected chi connectivity index (χ0v) is 16.8. The van der Waals surface area contributed by atoms with Gasteiger partial charge >= 0.3 is 0 Å². The number of hydrogen-bond acceptors (Lipinski definition) is 3. The number of halogens is 3. The van der Waals surface area contributed by atoms with Crippen molar-refractivity contribution in [2.45, 2.75) is 33.4 Å². The Morgan fingerprint density at radius 1 is 1.23 bits per heavy atom. The number of carbonyl (C=O) groups excluding carboxylic acids is 2. The van der Waals surface area contributed by atoms with E-state index >= 15 is 0 Å². The molecule has 4 nitrogen and oxygen atoms in total. The third kappa shape index (κ3) is 5.93. The van der Waals surface area contributed by atoms with Crippen molar-refractivity contribution in [3.05, 3.63) is 33.8 Å². The second-order valence-corrected chi connectivity index (χ2v) is 8.71. The highest BCUT2D eigenvalue weighted by atomic mass is 35.5. The molecule has 0 aromatic heterocycles. The van der Waals surface area contributed by atoms with Crippen LogP contribution in [0.15, 0.2) is 18.2 Å². The molecule has 0 saturated carbocycles. The number of carbonyl (C=O) groups is 2. The summed E-state index contributed by atoms with van der Waals surface area (Å²) in [7, 11) is 0. The van der Waals surface area contributed by atoms with Crippen LogP contribution in [0.1, 0.15) is 37.6 Å². The Kier molecular flexibility index (Phi) is 7.05. The molecule has 0 unspecified atom stereocenters. The first kappa shape index (κ1) is 21.1. The molecule has 1 aliphatic rings. The molecule has 0 bridgehead atoms. The lowest BCUT2D eigenvalue weighted by Gasteiger charge is -2.35. The van der Waals surface area contributed by atoms with Gasteiger partial charge in [0.15, 0.2) is 5.78 Å². The van der Waals surface area contributed by atoms with Gasteiger partial charge in [-0.05, 0) is 31.2 Å². The van der Waals surface area contributed by atoms with Gasteiger partial charge in [0, 0.05) is 40.0 Å². The van der Waals surface area contributed by atoms with Crippen molar-refractivity contribution in [3.63, 3.8) is 0 Å². The summed E-state index contributed by atoms with van der Waals surface area (Å²) >= 11 is 11.8. The molecule has 1 aromatic carbocycles. The highest BCUT2D eigenvalue weighted by Crippen LogP contribution is 2.23. The van der Waals surface area contributed by atoms with Crippen LogP contribution in [-0.2, 0) is 4.79 Å². The van der Waals surface area contributed by atoms with Gasteiger partial charge in [0.05, 0.1) is 6.54 Å². The molecule has 1 amide bonds. The number of nitrogens with zero attached hydrogens (tertiary/aromatic N) is 1. The smallest absolute Gasteiger partial charge is 0.251 e. The Hall–Kier alpha value is -1.17. The molecule has 0 radical (unpaired) electrons. The van der Waals surface area contributed by atoms with Crippen LogP contribution in [0.5, 0.6) is 0 Å². The molecule has 26 heavy (non-hydrogen) atoms. The fraction of sp³-hybridized carbons (Fsp3) is 0.579. The molecular weight excluding hydrogens is 378 g/mol. The summed E-state index contributed by atoms with van der Waals surface area (Å²) in [5.41, 5.74) is -0.0689. The zero-order chi connectivity index (χ0) is 19.5. The molecule has 1 aromatic rings. The van der Waals surface area contributed by atoms with Crippen LogP contribution < -0.4 is 5.32 Å². The van der Waals surface area contributed by atoms with Crippen LogP contribution in [0, 0.1) is 11.3 Å². The average Bonchev–Trinajstić information content (AvgIpc) is 2.52. The highest BCUT2D eigenvalue weighted by Gasteiger charge is 2.32. The monoisotopic (exact) mass is 402 g/mol. The average molecular weight is 403 g/mol. The number of benzene rings is 1. The van der Waals surface area contributed by atoms with E-state index in [-0.39, 0.29) is 37.2 Å². The molecule has 1 fully saturated rings. The van der Waals surface area contributed by atoms with Crippen LogP contribution in [0.3, 0.4) is 0 Å². The Morgan fingerprint density at radius 3 is 2.38 bits per heavy atom. The molecule has 0 aliphatic carbocycles. The lowest BCUT2D eigenvalue weighted by molar-refractivity contribution is -0.128.